The third-order valence-corrected chi connectivity index (χ3v) is 3.20. The molecule has 0 aliphatic rings. The molecule has 0 atom stereocenters. The third kappa shape index (κ3) is 3.96. The van der Waals surface area contributed by atoms with Crippen LogP contribution in [0.2, 0.25) is 0 Å². The molecule has 0 aromatic heterocycles. The molecule has 4 heteroatoms. The monoisotopic (exact) mass is 264 g/mol. The van der Waals surface area contributed by atoms with Crippen molar-refractivity contribution in [1.29, 1.82) is 0 Å². The molecule has 1 amide bonds. The summed E-state index contributed by atoms with van der Waals surface area (Å²) < 4.78 is 5.31. The quantitative estimate of drug-likeness (QED) is 0.854. The highest BCUT2D eigenvalue weighted by Gasteiger charge is 2.16. The predicted molar refractivity (Wildman–Crippen MR) is 77.1 cm³/mol. The number of hydrogen-bond acceptors (Lipinski definition) is 3. The van der Waals surface area contributed by atoms with Crippen LogP contribution in [-0.2, 0) is 17.8 Å². The summed E-state index contributed by atoms with van der Waals surface area (Å²) >= 11 is 0. The van der Waals surface area contributed by atoms with Crippen LogP contribution >= 0.6 is 0 Å². The molecule has 1 aromatic rings. The van der Waals surface area contributed by atoms with E-state index in [1.54, 1.807) is 12.0 Å². The van der Waals surface area contributed by atoms with Gasteiger partial charge in [-0.15, -0.1) is 0 Å². The number of hydrogen-bond donors (Lipinski definition) is 1. The Labute approximate surface area is 115 Å². The van der Waals surface area contributed by atoms with Gasteiger partial charge in [0, 0.05) is 12.6 Å². The number of carbonyl (C=O) groups is 1. The molecule has 0 saturated heterocycles. The first-order valence-electron chi connectivity index (χ1n) is 6.68. The average molecular weight is 264 g/mol. The average Bonchev–Trinajstić information content (AvgIpc) is 2.43. The van der Waals surface area contributed by atoms with Crippen LogP contribution in [-0.4, -0.2) is 30.5 Å². The number of nitrogens with two attached hydrogens (primary N) is 1. The minimum Gasteiger partial charge on any atom is -0.496 e. The molecule has 4 nitrogen and oxygen atoms in total. The second-order valence-electron chi connectivity index (χ2n) is 4.82. The number of aryl methyl sites for hydroxylation is 1. The van der Waals surface area contributed by atoms with Gasteiger partial charge in [0.2, 0.25) is 5.91 Å². The van der Waals surface area contributed by atoms with E-state index in [2.05, 4.69) is 13.0 Å². The van der Waals surface area contributed by atoms with Crippen molar-refractivity contribution in [3.05, 3.63) is 29.3 Å². The summed E-state index contributed by atoms with van der Waals surface area (Å²) in [5.74, 6) is 0.872. The van der Waals surface area contributed by atoms with E-state index in [0.717, 1.165) is 23.3 Å². The van der Waals surface area contributed by atoms with Gasteiger partial charge in [0.1, 0.15) is 5.75 Å². The lowest BCUT2D eigenvalue weighted by Gasteiger charge is -2.26. The van der Waals surface area contributed by atoms with Crippen LogP contribution in [0.1, 0.15) is 31.9 Å². The van der Waals surface area contributed by atoms with Crippen molar-refractivity contribution in [3.63, 3.8) is 0 Å². The van der Waals surface area contributed by atoms with E-state index < -0.39 is 0 Å². The molecule has 0 radical (unpaired) electrons. The number of rotatable bonds is 6. The standard InChI is InChI=1S/C15H24N2O2/c1-5-13-8-12(6-7-14(13)19-4)10-17(11(2)3)15(18)9-16/h6-8,11H,5,9-10,16H2,1-4H3. The van der Waals surface area contributed by atoms with Crippen molar-refractivity contribution in [3.8, 4) is 5.75 Å². The molecule has 0 aliphatic heterocycles. The molecular weight excluding hydrogens is 240 g/mol. The fourth-order valence-corrected chi connectivity index (χ4v) is 2.08. The fourth-order valence-electron chi connectivity index (χ4n) is 2.08. The van der Waals surface area contributed by atoms with Crippen LogP contribution in [0.5, 0.6) is 5.75 Å². The molecule has 0 spiro atoms. The van der Waals surface area contributed by atoms with Crippen molar-refractivity contribution in [1.82, 2.24) is 4.90 Å². The van der Waals surface area contributed by atoms with Gasteiger partial charge in [-0.1, -0.05) is 19.1 Å². The minimum atomic E-state index is -0.0242. The van der Waals surface area contributed by atoms with Crippen LogP contribution in [0, 0.1) is 0 Å². The van der Waals surface area contributed by atoms with Gasteiger partial charge < -0.3 is 15.4 Å². The van der Waals surface area contributed by atoms with E-state index in [9.17, 15) is 4.79 Å². The Kier molecular flexibility index (Phi) is 5.83. The SMILES string of the molecule is CCc1cc(CN(C(=O)CN)C(C)C)ccc1OC. The summed E-state index contributed by atoms with van der Waals surface area (Å²) in [6, 6.07) is 6.19. The first-order valence-corrected chi connectivity index (χ1v) is 6.68. The summed E-state index contributed by atoms with van der Waals surface area (Å²) in [5, 5.41) is 0. The predicted octanol–water partition coefficient (Wildman–Crippen LogP) is 1.95. The second-order valence-corrected chi connectivity index (χ2v) is 4.82. The zero-order chi connectivity index (χ0) is 14.4. The summed E-state index contributed by atoms with van der Waals surface area (Å²) in [7, 11) is 1.67. The molecule has 0 fully saturated rings. The normalized spacial score (nSPS) is 10.6. The highest BCUT2D eigenvalue weighted by atomic mass is 16.5. The highest BCUT2D eigenvalue weighted by Crippen LogP contribution is 2.21. The summed E-state index contributed by atoms with van der Waals surface area (Å²) in [6.45, 7) is 6.72. The highest BCUT2D eigenvalue weighted by molar-refractivity contribution is 5.78. The van der Waals surface area contributed by atoms with Gasteiger partial charge >= 0.3 is 0 Å². The van der Waals surface area contributed by atoms with Crippen molar-refractivity contribution in [2.24, 2.45) is 5.73 Å². The van der Waals surface area contributed by atoms with Gasteiger partial charge in [-0.3, -0.25) is 4.79 Å². The number of benzene rings is 1. The number of amides is 1. The van der Waals surface area contributed by atoms with Gasteiger partial charge in [0.05, 0.1) is 13.7 Å². The Morgan fingerprint density at radius 3 is 2.58 bits per heavy atom. The van der Waals surface area contributed by atoms with Crippen LogP contribution in [0.4, 0.5) is 0 Å². The first kappa shape index (κ1) is 15.5. The molecular formula is C15H24N2O2. The van der Waals surface area contributed by atoms with E-state index in [0.29, 0.717) is 6.54 Å². The van der Waals surface area contributed by atoms with Crippen LogP contribution < -0.4 is 10.5 Å². The van der Waals surface area contributed by atoms with Gasteiger partial charge in [-0.25, -0.2) is 0 Å². The zero-order valence-electron chi connectivity index (χ0n) is 12.3. The first-order chi connectivity index (χ1) is 9.03. The third-order valence-electron chi connectivity index (χ3n) is 3.20. The Bertz CT molecular complexity index is 430. The number of nitrogens with zero attached hydrogens (tertiary/aromatic N) is 1. The lowest BCUT2D eigenvalue weighted by Crippen LogP contribution is -2.40. The fraction of sp³-hybridized carbons (Fsp3) is 0.533. The van der Waals surface area contributed by atoms with Crippen molar-refractivity contribution in [2.45, 2.75) is 39.8 Å². The maximum absolute atomic E-state index is 11.8. The van der Waals surface area contributed by atoms with Crippen molar-refractivity contribution >= 4 is 5.91 Å². The molecule has 106 valence electrons. The van der Waals surface area contributed by atoms with E-state index in [1.165, 1.54) is 0 Å². The Balaban J connectivity index is 2.94. The molecule has 1 rings (SSSR count). The van der Waals surface area contributed by atoms with E-state index in [1.807, 2.05) is 26.0 Å². The Morgan fingerprint density at radius 1 is 1.42 bits per heavy atom. The maximum atomic E-state index is 11.8. The molecule has 0 aliphatic carbocycles. The number of carbonyl (C=O) groups excluding carboxylic acids is 1. The lowest BCUT2D eigenvalue weighted by molar-refractivity contribution is -0.132. The van der Waals surface area contributed by atoms with Crippen molar-refractivity contribution < 1.29 is 9.53 Å². The molecule has 0 heterocycles. The lowest BCUT2D eigenvalue weighted by atomic mass is 10.1. The zero-order valence-corrected chi connectivity index (χ0v) is 12.3. The van der Waals surface area contributed by atoms with Crippen molar-refractivity contribution in [2.75, 3.05) is 13.7 Å². The maximum Gasteiger partial charge on any atom is 0.236 e. The van der Waals surface area contributed by atoms with Gasteiger partial charge in [-0.2, -0.15) is 0 Å². The summed E-state index contributed by atoms with van der Waals surface area (Å²) in [6.07, 6.45) is 0.906. The molecule has 19 heavy (non-hydrogen) atoms. The topological polar surface area (TPSA) is 55.6 Å². The molecule has 0 bridgehead atoms. The van der Waals surface area contributed by atoms with Gasteiger partial charge in [0.15, 0.2) is 0 Å². The molecule has 0 unspecified atom stereocenters. The van der Waals surface area contributed by atoms with E-state index in [-0.39, 0.29) is 18.5 Å². The largest absolute Gasteiger partial charge is 0.496 e. The number of methoxy groups -OCH3 is 1. The summed E-state index contributed by atoms with van der Waals surface area (Å²) in [5.41, 5.74) is 7.72. The Hall–Kier alpha value is -1.55. The van der Waals surface area contributed by atoms with Gasteiger partial charge in [0.25, 0.3) is 0 Å². The van der Waals surface area contributed by atoms with E-state index in [4.69, 9.17) is 10.5 Å². The molecule has 0 saturated carbocycles. The van der Waals surface area contributed by atoms with Crippen LogP contribution in [0.25, 0.3) is 0 Å². The number of ether oxygens (including phenoxy) is 1. The molecule has 1 aromatic carbocycles. The van der Waals surface area contributed by atoms with Crippen LogP contribution in [0.15, 0.2) is 18.2 Å². The summed E-state index contributed by atoms with van der Waals surface area (Å²) in [4.78, 5) is 13.6. The minimum absolute atomic E-state index is 0.0242. The second kappa shape index (κ2) is 7.14. The molecule has 2 N–H and O–H groups in total. The Morgan fingerprint density at radius 2 is 2.11 bits per heavy atom. The smallest absolute Gasteiger partial charge is 0.236 e. The van der Waals surface area contributed by atoms with Gasteiger partial charge in [-0.05, 0) is 37.5 Å². The van der Waals surface area contributed by atoms with E-state index >= 15 is 0 Å². The van der Waals surface area contributed by atoms with Crippen LogP contribution in [0.3, 0.4) is 0 Å².